The normalized spacial score (nSPS) is 10.6. The van der Waals surface area contributed by atoms with Crippen LogP contribution in [0.5, 0.6) is 0 Å². The largest absolute Gasteiger partial charge is 0.461 e. The van der Waals surface area contributed by atoms with Gasteiger partial charge in [0.05, 0.1) is 17.5 Å². The van der Waals surface area contributed by atoms with E-state index in [1.54, 1.807) is 42.5 Å². The molecule has 4 rings (SSSR count). The molecule has 0 spiro atoms. The van der Waals surface area contributed by atoms with Crippen molar-refractivity contribution < 1.29 is 14.0 Å². The van der Waals surface area contributed by atoms with Gasteiger partial charge in [0.15, 0.2) is 5.76 Å². The van der Waals surface area contributed by atoms with Gasteiger partial charge in [-0.3, -0.25) is 9.59 Å². The average Bonchev–Trinajstić information content (AvgIpc) is 3.22. The van der Waals surface area contributed by atoms with Crippen molar-refractivity contribution in [2.75, 3.05) is 5.32 Å². The molecule has 4 heteroatoms. The first-order valence-electron chi connectivity index (χ1n) is 8.20. The van der Waals surface area contributed by atoms with Crippen LogP contribution in [0.15, 0.2) is 89.5 Å². The molecule has 0 aliphatic rings. The Morgan fingerprint density at radius 1 is 0.769 bits per heavy atom. The van der Waals surface area contributed by atoms with Crippen molar-refractivity contribution in [1.82, 2.24) is 0 Å². The number of hydrogen-bond acceptors (Lipinski definition) is 3. The Hall–Kier alpha value is -3.66. The average molecular weight is 341 g/mol. The summed E-state index contributed by atoms with van der Waals surface area (Å²) in [5.41, 5.74) is 1.37. The summed E-state index contributed by atoms with van der Waals surface area (Å²) in [6.45, 7) is 0. The molecule has 0 aliphatic heterocycles. The van der Waals surface area contributed by atoms with E-state index in [0.717, 1.165) is 10.8 Å². The van der Waals surface area contributed by atoms with Crippen molar-refractivity contribution in [3.63, 3.8) is 0 Å². The van der Waals surface area contributed by atoms with Crippen LogP contribution in [0.4, 0.5) is 5.69 Å². The van der Waals surface area contributed by atoms with Crippen LogP contribution in [0, 0.1) is 0 Å². The van der Waals surface area contributed by atoms with Crippen molar-refractivity contribution >= 4 is 28.2 Å². The first-order valence-corrected chi connectivity index (χ1v) is 8.20. The molecular formula is C22H15NO3. The Labute approximate surface area is 150 Å². The maximum atomic E-state index is 12.8. The van der Waals surface area contributed by atoms with Gasteiger partial charge < -0.3 is 9.73 Å². The SMILES string of the molecule is O=C(Nc1cc2ccccc2cc1C(=O)c1ccco1)c1ccccc1. The Balaban J connectivity index is 1.80. The first-order chi connectivity index (χ1) is 12.7. The molecule has 0 aliphatic carbocycles. The lowest BCUT2D eigenvalue weighted by atomic mass is 10.0. The lowest BCUT2D eigenvalue weighted by molar-refractivity contribution is 0.101. The number of benzene rings is 3. The predicted molar refractivity (Wildman–Crippen MR) is 100 cm³/mol. The first kappa shape index (κ1) is 15.8. The fourth-order valence-electron chi connectivity index (χ4n) is 2.86. The van der Waals surface area contributed by atoms with Gasteiger partial charge in [-0.15, -0.1) is 0 Å². The third-order valence-corrected chi connectivity index (χ3v) is 4.16. The molecule has 0 radical (unpaired) electrons. The molecule has 0 saturated heterocycles. The van der Waals surface area contributed by atoms with Crippen LogP contribution in [-0.4, -0.2) is 11.7 Å². The molecule has 3 aromatic carbocycles. The number of carbonyl (C=O) groups excluding carboxylic acids is 2. The molecule has 1 heterocycles. The van der Waals surface area contributed by atoms with Gasteiger partial charge in [-0.1, -0.05) is 42.5 Å². The number of hydrogen-bond donors (Lipinski definition) is 1. The highest BCUT2D eigenvalue weighted by molar-refractivity contribution is 6.16. The van der Waals surface area contributed by atoms with Gasteiger partial charge >= 0.3 is 0 Å². The second kappa shape index (κ2) is 6.69. The summed E-state index contributed by atoms with van der Waals surface area (Å²) in [5, 5.41) is 4.71. The highest BCUT2D eigenvalue weighted by Gasteiger charge is 2.19. The summed E-state index contributed by atoms with van der Waals surface area (Å²) < 4.78 is 5.24. The molecule has 1 amide bonds. The Morgan fingerprint density at radius 2 is 1.46 bits per heavy atom. The van der Waals surface area contributed by atoms with Gasteiger partial charge in [-0.25, -0.2) is 0 Å². The van der Waals surface area contributed by atoms with Gasteiger partial charge in [-0.2, -0.15) is 0 Å². The van der Waals surface area contributed by atoms with Crippen molar-refractivity contribution in [3.8, 4) is 0 Å². The number of anilines is 1. The molecule has 0 fully saturated rings. The zero-order valence-electron chi connectivity index (χ0n) is 13.8. The molecule has 126 valence electrons. The number of ketones is 1. The van der Waals surface area contributed by atoms with Gasteiger partial charge in [-0.05, 0) is 47.2 Å². The number of rotatable bonds is 4. The fourth-order valence-corrected chi connectivity index (χ4v) is 2.86. The number of furan rings is 1. The number of carbonyl (C=O) groups is 2. The standard InChI is InChI=1S/C22H15NO3/c24-21(20-11-6-12-26-20)18-13-16-9-4-5-10-17(16)14-19(18)23-22(25)15-7-2-1-3-8-15/h1-14H,(H,23,25). The van der Waals surface area contributed by atoms with Crippen molar-refractivity contribution in [3.05, 3.63) is 102 Å². The van der Waals surface area contributed by atoms with E-state index in [2.05, 4.69) is 5.32 Å². The second-order valence-corrected chi connectivity index (χ2v) is 5.87. The maximum Gasteiger partial charge on any atom is 0.255 e. The summed E-state index contributed by atoms with van der Waals surface area (Å²) in [6.07, 6.45) is 1.45. The van der Waals surface area contributed by atoms with E-state index in [1.807, 2.05) is 36.4 Å². The zero-order chi connectivity index (χ0) is 17.9. The zero-order valence-corrected chi connectivity index (χ0v) is 13.8. The summed E-state index contributed by atoms with van der Waals surface area (Å²) in [6, 6.07) is 23.4. The molecule has 0 unspecified atom stereocenters. The molecule has 4 aromatic rings. The fraction of sp³-hybridized carbons (Fsp3) is 0. The highest BCUT2D eigenvalue weighted by atomic mass is 16.3. The van der Waals surface area contributed by atoms with Crippen LogP contribution in [-0.2, 0) is 0 Å². The monoisotopic (exact) mass is 341 g/mol. The van der Waals surface area contributed by atoms with Gasteiger partial charge in [0.25, 0.3) is 5.91 Å². The van der Waals surface area contributed by atoms with Crippen molar-refractivity contribution in [1.29, 1.82) is 0 Å². The second-order valence-electron chi connectivity index (χ2n) is 5.87. The third-order valence-electron chi connectivity index (χ3n) is 4.16. The van der Waals surface area contributed by atoms with Crippen LogP contribution in [0.25, 0.3) is 10.8 Å². The van der Waals surface area contributed by atoms with Crippen LogP contribution >= 0.6 is 0 Å². The van der Waals surface area contributed by atoms with E-state index >= 15 is 0 Å². The van der Waals surface area contributed by atoms with E-state index in [-0.39, 0.29) is 17.5 Å². The summed E-state index contributed by atoms with van der Waals surface area (Å²) in [7, 11) is 0. The predicted octanol–water partition coefficient (Wildman–Crippen LogP) is 4.92. The van der Waals surface area contributed by atoms with Crippen LogP contribution in [0.2, 0.25) is 0 Å². The number of amides is 1. The lowest BCUT2D eigenvalue weighted by Gasteiger charge is -2.12. The molecule has 4 nitrogen and oxygen atoms in total. The Bertz CT molecular complexity index is 1080. The van der Waals surface area contributed by atoms with Crippen LogP contribution in [0.3, 0.4) is 0 Å². The minimum atomic E-state index is -0.274. The Morgan fingerprint density at radius 3 is 2.15 bits per heavy atom. The van der Waals surface area contributed by atoms with Crippen molar-refractivity contribution in [2.24, 2.45) is 0 Å². The minimum absolute atomic E-state index is 0.232. The third kappa shape index (κ3) is 3.00. The van der Waals surface area contributed by atoms with Gasteiger partial charge in [0.2, 0.25) is 5.78 Å². The molecular weight excluding hydrogens is 326 g/mol. The summed E-state index contributed by atoms with van der Waals surface area (Å²) >= 11 is 0. The van der Waals surface area contributed by atoms with E-state index < -0.39 is 0 Å². The van der Waals surface area contributed by atoms with E-state index in [9.17, 15) is 9.59 Å². The Kier molecular flexibility index (Phi) is 4.07. The maximum absolute atomic E-state index is 12.8. The number of fused-ring (bicyclic) bond motifs is 1. The smallest absolute Gasteiger partial charge is 0.255 e. The molecule has 0 saturated carbocycles. The molecule has 0 bridgehead atoms. The topological polar surface area (TPSA) is 59.3 Å². The van der Waals surface area contributed by atoms with Gasteiger partial charge in [0.1, 0.15) is 0 Å². The molecule has 1 N–H and O–H groups in total. The quantitative estimate of drug-likeness (QED) is 0.536. The summed E-state index contributed by atoms with van der Waals surface area (Å²) in [5.74, 6) is -0.311. The minimum Gasteiger partial charge on any atom is -0.461 e. The van der Waals surface area contributed by atoms with Crippen molar-refractivity contribution in [2.45, 2.75) is 0 Å². The summed E-state index contributed by atoms with van der Waals surface area (Å²) in [4.78, 5) is 25.4. The van der Waals surface area contributed by atoms with Crippen LogP contribution in [0.1, 0.15) is 26.5 Å². The number of nitrogens with one attached hydrogen (secondary N) is 1. The highest BCUT2D eigenvalue weighted by Crippen LogP contribution is 2.27. The van der Waals surface area contributed by atoms with Gasteiger partial charge in [0, 0.05) is 5.56 Å². The van der Waals surface area contributed by atoms with E-state index in [4.69, 9.17) is 4.42 Å². The van der Waals surface area contributed by atoms with E-state index in [1.165, 1.54) is 6.26 Å². The van der Waals surface area contributed by atoms with Crippen LogP contribution < -0.4 is 5.32 Å². The van der Waals surface area contributed by atoms with E-state index in [0.29, 0.717) is 16.8 Å². The molecule has 0 atom stereocenters. The lowest BCUT2D eigenvalue weighted by Crippen LogP contribution is -2.15. The molecule has 1 aromatic heterocycles. The molecule has 26 heavy (non-hydrogen) atoms.